The molecule has 2 aromatic rings. The quantitative estimate of drug-likeness (QED) is 0.922. The van der Waals surface area contributed by atoms with Crippen LogP contribution in [0, 0.1) is 0 Å². The molecule has 1 fully saturated rings. The SMILES string of the molecule is Cn1cnc(C(=O)NCc2cnc(C3CCCCO3)nc2)c1. The van der Waals surface area contributed by atoms with Crippen LogP contribution < -0.4 is 5.32 Å². The third-order valence-electron chi connectivity index (χ3n) is 3.58. The summed E-state index contributed by atoms with van der Waals surface area (Å²) in [6, 6.07) is 0. The molecule has 3 rings (SSSR count). The van der Waals surface area contributed by atoms with Gasteiger partial charge in [0.2, 0.25) is 0 Å². The Hall–Kier alpha value is -2.28. The smallest absolute Gasteiger partial charge is 0.271 e. The molecule has 22 heavy (non-hydrogen) atoms. The van der Waals surface area contributed by atoms with Gasteiger partial charge in [-0.3, -0.25) is 4.79 Å². The van der Waals surface area contributed by atoms with Gasteiger partial charge < -0.3 is 14.6 Å². The number of rotatable bonds is 4. The van der Waals surface area contributed by atoms with E-state index in [-0.39, 0.29) is 12.0 Å². The summed E-state index contributed by atoms with van der Waals surface area (Å²) in [4.78, 5) is 24.6. The molecule has 2 aromatic heterocycles. The third kappa shape index (κ3) is 3.48. The number of carbonyl (C=O) groups is 1. The highest BCUT2D eigenvalue weighted by Gasteiger charge is 2.18. The second-order valence-corrected chi connectivity index (χ2v) is 5.41. The van der Waals surface area contributed by atoms with Crippen LogP contribution in [-0.2, 0) is 18.3 Å². The predicted octanol–water partition coefficient (Wildman–Crippen LogP) is 1.38. The Balaban J connectivity index is 1.55. The fourth-order valence-electron chi connectivity index (χ4n) is 2.37. The van der Waals surface area contributed by atoms with E-state index in [0.29, 0.717) is 12.2 Å². The third-order valence-corrected chi connectivity index (χ3v) is 3.58. The maximum atomic E-state index is 11.9. The average molecular weight is 301 g/mol. The lowest BCUT2D eigenvalue weighted by atomic mass is 10.1. The van der Waals surface area contributed by atoms with Crippen LogP contribution in [-0.4, -0.2) is 32.0 Å². The van der Waals surface area contributed by atoms with Gasteiger partial charge in [0.1, 0.15) is 11.8 Å². The van der Waals surface area contributed by atoms with Gasteiger partial charge in [-0.1, -0.05) is 0 Å². The standard InChI is InChI=1S/C15H19N5O2/c1-20-9-12(19-10-20)15(21)18-8-11-6-16-14(17-7-11)13-4-2-3-5-22-13/h6-7,9-10,13H,2-5,8H2,1H3,(H,18,21). The summed E-state index contributed by atoms with van der Waals surface area (Å²) in [6.45, 7) is 1.15. The molecule has 0 spiro atoms. The first kappa shape index (κ1) is 14.6. The van der Waals surface area contributed by atoms with Crippen molar-refractivity contribution in [2.45, 2.75) is 31.9 Å². The molecule has 1 N–H and O–H groups in total. The Bertz CT molecular complexity index is 632. The number of hydrogen-bond donors (Lipinski definition) is 1. The minimum absolute atomic E-state index is 0.00547. The summed E-state index contributed by atoms with van der Waals surface area (Å²) in [7, 11) is 1.82. The molecule has 3 heterocycles. The number of ether oxygens (including phenoxy) is 1. The van der Waals surface area contributed by atoms with Crippen molar-refractivity contribution in [3.8, 4) is 0 Å². The fourth-order valence-corrected chi connectivity index (χ4v) is 2.37. The molecule has 1 unspecified atom stereocenters. The van der Waals surface area contributed by atoms with Crippen molar-refractivity contribution in [3.05, 3.63) is 42.0 Å². The molecule has 0 aliphatic carbocycles. The van der Waals surface area contributed by atoms with Gasteiger partial charge in [0.25, 0.3) is 5.91 Å². The lowest BCUT2D eigenvalue weighted by Gasteiger charge is -2.21. The van der Waals surface area contributed by atoms with Gasteiger partial charge in [-0.15, -0.1) is 0 Å². The van der Waals surface area contributed by atoms with Crippen molar-refractivity contribution < 1.29 is 9.53 Å². The van der Waals surface area contributed by atoms with E-state index in [1.54, 1.807) is 29.5 Å². The van der Waals surface area contributed by atoms with Crippen LogP contribution in [0.5, 0.6) is 0 Å². The normalized spacial score (nSPS) is 18.1. The number of nitrogens with one attached hydrogen (secondary N) is 1. The minimum Gasteiger partial charge on any atom is -0.370 e. The average Bonchev–Trinajstić information content (AvgIpc) is 3.00. The Kier molecular flexibility index (Phi) is 4.43. The van der Waals surface area contributed by atoms with Crippen molar-refractivity contribution in [1.82, 2.24) is 24.8 Å². The number of carbonyl (C=O) groups excluding carboxylic acids is 1. The van der Waals surface area contributed by atoms with Gasteiger partial charge in [0.15, 0.2) is 5.82 Å². The van der Waals surface area contributed by atoms with Crippen LogP contribution in [0.2, 0.25) is 0 Å². The molecule has 0 saturated carbocycles. The highest BCUT2D eigenvalue weighted by Crippen LogP contribution is 2.24. The van der Waals surface area contributed by atoms with Crippen LogP contribution in [0.1, 0.15) is 47.2 Å². The van der Waals surface area contributed by atoms with Crippen LogP contribution in [0.15, 0.2) is 24.9 Å². The zero-order chi connectivity index (χ0) is 15.4. The second kappa shape index (κ2) is 6.65. The van der Waals surface area contributed by atoms with Crippen molar-refractivity contribution in [1.29, 1.82) is 0 Å². The van der Waals surface area contributed by atoms with Crippen molar-refractivity contribution in [3.63, 3.8) is 0 Å². The minimum atomic E-state index is -0.208. The highest BCUT2D eigenvalue weighted by molar-refractivity contribution is 5.91. The maximum absolute atomic E-state index is 11.9. The molecule has 1 amide bonds. The largest absolute Gasteiger partial charge is 0.370 e. The predicted molar refractivity (Wildman–Crippen MR) is 79.0 cm³/mol. The lowest BCUT2D eigenvalue weighted by molar-refractivity contribution is 0.00940. The fraction of sp³-hybridized carbons (Fsp3) is 0.467. The van der Waals surface area contributed by atoms with E-state index in [2.05, 4.69) is 20.3 Å². The van der Waals surface area contributed by atoms with Crippen LogP contribution in [0.4, 0.5) is 0 Å². The van der Waals surface area contributed by atoms with Gasteiger partial charge >= 0.3 is 0 Å². The van der Waals surface area contributed by atoms with E-state index in [4.69, 9.17) is 4.74 Å². The van der Waals surface area contributed by atoms with E-state index in [0.717, 1.165) is 37.3 Å². The first-order chi connectivity index (χ1) is 10.7. The van der Waals surface area contributed by atoms with Gasteiger partial charge in [-0.25, -0.2) is 15.0 Å². The molecule has 1 atom stereocenters. The number of hydrogen-bond acceptors (Lipinski definition) is 5. The zero-order valence-electron chi connectivity index (χ0n) is 12.5. The summed E-state index contributed by atoms with van der Waals surface area (Å²) in [5, 5.41) is 2.80. The molecule has 0 bridgehead atoms. The first-order valence-electron chi connectivity index (χ1n) is 7.41. The van der Waals surface area contributed by atoms with Crippen molar-refractivity contribution in [2.75, 3.05) is 6.61 Å². The second-order valence-electron chi connectivity index (χ2n) is 5.41. The molecule has 7 nitrogen and oxygen atoms in total. The Labute approximate surface area is 128 Å². The topological polar surface area (TPSA) is 81.9 Å². The van der Waals surface area contributed by atoms with Gasteiger partial charge in [-0.2, -0.15) is 0 Å². The Morgan fingerprint density at radius 3 is 2.82 bits per heavy atom. The molecular weight excluding hydrogens is 282 g/mol. The first-order valence-corrected chi connectivity index (χ1v) is 7.41. The molecule has 1 saturated heterocycles. The van der Waals surface area contributed by atoms with Crippen LogP contribution in [0.25, 0.3) is 0 Å². The Morgan fingerprint density at radius 1 is 1.36 bits per heavy atom. The molecular formula is C15H19N5O2. The lowest BCUT2D eigenvalue weighted by Crippen LogP contribution is -2.23. The van der Waals surface area contributed by atoms with Crippen LogP contribution in [0.3, 0.4) is 0 Å². The number of nitrogens with zero attached hydrogens (tertiary/aromatic N) is 4. The zero-order valence-corrected chi connectivity index (χ0v) is 12.5. The maximum Gasteiger partial charge on any atom is 0.271 e. The molecule has 116 valence electrons. The van der Waals surface area contributed by atoms with Gasteiger partial charge in [0.05, 0.1) is 6.33 Å². The number of amides is 1. The summed E-state index contributed by atoms with van der Waals surface area (Å²) < 4.78 is 7.39. The van der Waals surface area contributed by atoms with E-state index in [1.807, 2.05) is 7.05 Å². The molecule has 1 aliphatic heterocycles. The summed E-state index contributed by atoms with van der Waals surface area (Å²) >= 11 is 0. The van der Waals surface area contributed by atoms with Crippen molar-refractivity contribution >= 4 is 5.91 Å². The highest BCUT2D eigenvalue weighted by atomic mass is 16.5. The van der Waals surface area contributed by atoms with E-state index in [9.17, 15) is 4.79 Å². The van der Waals surface area contributed by atoms with E-state index < -0.39 is 0 Å². The molecule has 7 heteroatoms. The van der Waals surface area contributed by atoms with Gasteiger partial charge in [-0.05, 0) is 19.3 Å². The summed E-state index contributed by atoms with van der Waals surface area (Å²) in [6.07, 6.45) is 9.97. The molecule has 1 aliphatic rings. The summed E-state index contributed by atoms with van der Waals surface area (Å²) in [5.74, 6) is 0.514. The van der Waals surface area contributed by atoms with E-state index in [1.165, 1.54) is 0 Å². The Morgan fingerprint density at radius 2 is 2.18 bits per heavy atom. The molecule has 0 radical (unpaired) electrons. The molecule has 0 aromatic carbocycles. The summed E-state index contributed by atoms with van der Waals surface area (Å²) in [5.41, 5.74) is 1.25. The number of aromatic nitrogens is 4. The number of imidazole rings is 1. The van der Waals surface area contributed by atoms with Crippen molar-refractivity contribution in [2.24, 2.45) is 7.05 Å². The monoisotopic (exact) mass is 301 g/mol. The number of aryl methyl sites for hydroxylation is 1. The van der Waals surface area contributed by atoms with E-state index >= 15 is 0 Å². The van der Waals surface area contributed by atoms with Crippen LogP contribution >= 0.6 is 0 Å². The van der Waals surface area contributed by atoms with Gasteiger partial charge in [0, 0.05) is 44.4 Å².